The number of nitrogens with two attached hydrogens (primary N) is 1. The highest BCUT2D eigenvalue weighted by Gasteiger charge is 2.29. The van der Waals surface area contributed by atoms with Crippen molar-refractivity contribution in [2.45, 2.75) is 5.92 Å². The molecule has 1 rings (SSSR count). The molecule has 114 valence electrons. The van der Waals surface area contributed by atoms with Crippen molar-refractivity contribution in [3.8, 4) is 5.75 Å². The van der Waals surface area contributed by atoms with E-state index in [1.807, 2.05) is 0 Å². The summed E-state index contributed by atoms with van der Waals surface area (Å²) in [6.07, 6.45) is 0. The largest absolute Gasteiger partial charge is 0.503 e. The van der Waals surface area contributed by atoms with E-state index in [0.717, 1.165) is 0 Å². The van der Waals surface area contributed by atoms with Crippen molar-refractivity contribution >= 4 is 18.3 Å². The highest BCUT2D eigenvalue weighted by atomic mass is 35.5. The molecule has 0 radical (unpaired) electrons. The van der Waals surface area contributed by atoms with Gasteiger partial charge in [-0.05, 0) is 6.07 Å². The Morgan fingerprint density at radius 3 is 2.35 bits per heavy atom. The summed E-state index contributed by atoms with van der Waals surface area (Å²) in [5, 5.41) is 10.4. The molecular weight excluding hydrogens is 311 g/mol. The molecule has 0 fully saturated rings. The molecule has 20 heavy (non-hydrogen) atoms. The van der Waals surface area contributed by atoms with Crippen molar-refractivity contribution in [1.29, 1.82) is 0 Å². The van der Waals surface area contributed by atoms with Gasteiger partial charge in [0.1, 0.15) is 0 Å². The van der Waals surface area contributed by atoms with Crippen molar-refractivity contribution in [2.24, 2.45) is 5.73 Å². The lowest BCUT2D eigenvalue weighted by molar-refractivity contribution is 0.0118. The van der Waals surface area contributed by atoms with Gasteiger partial charge in [-0.15, -0.1) is 12.4 Å². The predicted molar refractivity (Wildman–Crippen MR) is 61.6 cm³/mol. The average molecular weight is 321 g/mol. The molecule has 0 heterocycles. The Hall–Kier alpha value is -1.61. The number of benzene rings is 1. The quantitative estimate of drug-likeness (QED) is 0.582. The normalized spacial score (nSPS) is 10.9. The molecule has 0 aliphatic carbocycles. The molecule has 1 aromatic carbocycles. The summed E-state index contributed by atoms with van der Waals surface area (Å²) in [7, 11) is 0. The van der Waals surface area contributed by atoms with Crippen LogP contribution in [0.15, 0.2) is 6.07 Å². The summed E-state index contributed by atoms with van der Waals surface area (Å²) in [4.78, 5) is 11.3. The lowest BCUT2D eigenvalue weighted by Crippen LogP contribution is -2.41. The molecule has 0 saturated carbocycles. The van der Waals surface area contributed by atoms with Gasteiger partial charge in [0, 0.05) is 0 Å². The Kier molecular flexibility index (Phi) is 6.17. The van der Waals surface area contributed by atoms with Crippen LogP contribution in [0.3, 0.4) is 0 Å². The van der Waals surface area contributed by atoms with E-state index in [1.165, 1.54) is 0 Å². The Morgan fingerprint density at radius 1 is 1.30 bits per heavy atom. The molecule has 0 unspecified atom stereocenters. The first kappa shape index (κ1) is 18.4. The van der Waals surface area contributed by atoms with E-state index in [9.17, 15) is 26.7 Å². The first-order chi connectivity index (χ1) is 8.69. The Morgan fingerprint density at radius 2 is 1.85 bits per heavy atom. The third kappa shape index (κ3) is 3.94. The minimum absolute atomic E-state index is 0. The van der Waals surface area contributed by atoms with Gasteiger partial charge in [-0.2, -0.15) is 4.39 Å². The fraction of sp³-hybridized carbons (Fsp3) is 0.300. The second-order valence-corrected chi connectivity index (χ2v) is 3.63. The number of carbonyl (C=O) groups is 1. The minimum Gasteiger partial charge on any atom is -0.503 e. The molecule has 0 aromatic heterocycles. The number of hydrogen-bond acceptors (Lipinski definition) is 3. The fourth-order valence-electron chi connectivity index (χ4n) is 1.13. The third-order valence-electron chi connectivity index (χ3n) is 2.18. The summed E-state index contributed by atoms with van der Waals surface area (Å²) in [5.74, 6) is -11.9. The van der Waals surface area contributed by atoms with Gasteiger partial charge in [0.2, 0.25) is 5.82 Å². The van der Waals surface area contributed by atoms with E-state index < -0.39 is 53.7 Å². The molecule has 4 N–H and O–H groups in total. The van der Waals surface area contributed by atoms with E-state index in [0.29, 0.717) is 0 Å². The molecule has 0 aliphatic rings. The zero-order valence-electron chi connectivity index (χ0n) is 9.72. The van der Waals surface area contributed by atoms with Crippen LogP contribution in [0.5, 0.6) is 5.75 Å². The second-order valence-electron chi connectivity index (χ2n) is 3.63. The summed E-state index contributed by atoms with van der Waals surface area (Å²) >= 11 is 0. The van der Waals surface area contributed by atoms with Crippen LogP contribution < -0.4 is 11.1 Å². The molecule has 1 aromatic rings. The Balaban J connectivity index is 0.00000361. The van der Waals surface area contributed by atoms with Crippen LogP contribution in [0.2, 0.25) is 0 Å². The fourth-order valence-corrected chi connectivity index (χ4v) is 1.13. The molecule has 0 atom stereocenters. The number of amides is 1. The first-order valence-electron chi connectivity index (χ1n) is 4.92. The van der Waals surface area contributed by atoms with Gasteiger partial charge in [0.15, 0.2) is 17.4 Å². The van der Waals surface area contributed by atoms with Crippen molar-refractivity contribution in [3.63, 3.8) is 0 Å². The molecule has 4 nitrogen and oxygen atoms in total. The Bertz CT molecular complexity index is 513. The maximum Gasteiger partial charge on any atom is 0.277 e. The van der Waals surface area contributed by atoms with E-state index in [2.05, 4.69) is 0 Å². The monoisotopic (exact) mass is 320 g/mol. The smallest absolute Gasteiger partial charge is 0.277 e. The van der Waals surface area contributed by atoms with E-state index in [-0.39, 0.29) is 18.5 Å². The molecule has 0 saturated heterocycles. The summed E-state index contributed by atoms with van der Waals surface area (Å²) in [6, 6.07) is 0.153. The standard InChI is InChI=1S/C10H9F5N2O2.ClH/c11-5-1-4(6(12)8(18)7(5)13)9(19)17-3-10(14,15)2-16;/h1,18H,2-3,16H2,(H,17,19);1H. The summed E-state index contributed by atoms with van der Waals surface area (Å²) < 4.78 is 64.3. The topological polar surface area (TPSA) is 75.3 Å². The van der Waals surface area contributed by atoms with Crippen LogP contribution in [0.1, 0.15) is 10.4 Å². The van der Waals surface area contributed by atoms with Crippen LogP contribution in [0, 0.1) is 17.5 Å². The lowest BCUT2D eigenvalue weighted by atomic mass is 10.1. The SMILES string of the molecule is Cl.NCC(F)(F)CNC(=O)c1cc(F)c(F)c(O)c1F. The number of aromatic hydroxyl groups is 1. The van der Waals surface area contributed by atoms with Gasteiger partial charge in [0.25, 0.3) is 11.8 Å². The summed E-state index contributed by atoms with van der Waals surface area (Å²) in [6.45, 7) is -2.26. The number of hydrogen-bond donors (Lipinski definition) is 3. The first-order valence-corrected chi connectivity index (χ1v) is 4.92. The highest BCUT2D eigenvalue weighted by molar-refractivity contribution is 5.95. The van der Waals surface area contributed by atoms with Crippen LogP contribution in [-0.4, -0.2) is 30.0 Å². The van der Waals surface area contributed by atoms with Crippen molar-refractivity contribution in [3.05, 3.63) is 29.1 Å². The second kappa shape index (κ2) is 6.71. The number of nitrogens with one attached hydrogen (secondary N) is 1. The number of phenols is 1. The van der Waals surface area contributed by atoms with E-state index in [4.69, 9.17) is 10.8 Å². The van der Waals surface area contributed by atoms with Gasteiger partial charge in [-0.25, -0.2) is 17.6 Å². The third-order valence-corrected chi connectivity index (χ3v) is 2.18. The van der Waals surface area contributed by atoms with Gasteiger partial charge < -0.3 is 16.2 Å². The number of phenolic OH excluding ortho intramolecular Hbond substituents is 1. The van der Waals surface area contributed by atoms with Gasteiger partial charge in [-0.1, -0.05) is 0 Å². The molecule has 0 spiro atoms. The Labute approximate surface area is 116 Å². The average Bonchev–Trinajstić information content (AvgIpc) is 2.38. The maximum atomic E-state index is 13.3. The van der Waals surface area contributed by atoms with Crippen molar-refractivity contribution in [2.75, 3.05) is 13.1 Å². The van der Waals surface area contributed by atoms with Crippen LogP contribution in [-0.2, 0) is 0 Å². The maximum absolute atomic E-state index is 13.3. The number of halogens is 6. The number of alkyl halides is 2. The molecule has 0 bridgehead atoms. The van der Waals surface area contributed by atoms with E-state index in [1.54, 1.807) is 5.32 Å². The van der Waals surface area contributed by atoms with Crippen LogP contribution >= 0.6 is 12.4 Å². The zero-order chi connectivity index (χ0) is 14.8. The molecular formula is C10H10ClF5N2O2. The molecule has 10 heteroatoms. The predicted octanol–water partition coefficient (Wildman–Crippen LogP) is 1.56. The van der Waals surface area contributed by atoms with Gasteiger partial charge in [-0.3, -0.25) is 4.79 Å². The molecule has 0 aliphatic heterocycles. The molecule has 1 amide bonds. The van der Waals surface area contributed by atoms with Crippen LogP contribution in [0.25, 0.3) is 0 Å². The van der Waals surface area contributed by atoms with Gasteiger partial charge >= 0.3 is 0 Å². The lowest BCUT2D eigenvalue weighted by Gasteiger charge is -2.15. The minimum atomic E-state index is -3.42. The summed E-state index contributed by atoms with van der Waals surface area (Å²) in [5.41, 5.74) is 3.61. The zero-order valence-corrected chi connectivity index (χ0v) is 10.5. The van der Waals surface area contributed by atoms with Crippen LogP contribution in [0.4, 0.5) is 22.0 Å². The number of rotatable bonds is 4. The van der Waals surface area contributed by atoms with E-state index >= 15 is 0 Å². The van der Waals surface area contributed by atoms with Crippen molar-refractivity contribution < 1.29 is 31.9 Å². The van der Waals surface area contributed by atoms with Crippen molar-refractivity contribution in [1.82, 2.24) is 5.32 Å². The highest BCUT2D eigenvalue weighted by Crippen LogP contribution is 2.25. The number of carbonyl (C=O) groups excluding carboxylic acids is 1. The van der Waals surface area contributed by atoms with Gasteiger partial charge in [0.05, 0.1) is 18.7 Å².